The van der Waals surface area contributed by atoms with Crippen molar-refractivity contribution in [3.63, 3.8) is 0 Å². The van der Waals surface area contributed by atoms with Crippen molar-refractivity contribution < 1.29 is 13.9 Å². The number of aromatic nitrogens is 3. The van der Waals surface area contributed by atoms with Gasteiger partial charge in [0, 0.05) is 37.7 Å². The zero-order chi connectivity index (χ0) is 27.5. The maximum Gasteiger partial charge on any atom is 0.208 e. The molecular weight excluding hydrogens is 493 g/mol. The second-order valence-electron chi connectivity index (χ2n) is 10.6. The number of likely N-dealkylation sites (tertiary alicyclic amines) is 1. The largest absolute Gasteiger partial charge is 0.457 e. The number of ketones is 1. The normalized spacial score (nSPS) is 14.7. The number of anilines is 2. The van der Waals surface area contributed by atoms with Crippen molar-refractivity contribution in [2.75, 3.05) is 25.0 Å². The van der Waals surface area contributed by atoms with Crippen molar-refractivity contribution in [2.45, 2.75) is 46.0 Å². The minimum atomic E-state index is -0.325. The summed E-state index contributed by atoms with van der Waals surface area (Å²) in [5.41, 5.74) is 3.77. The van der Waals surface area contributed by atoms with E-state index in [0.717, 1.165) is 49.1 Å². The van der Waals surface area contributed by atoms with Crippen LogP contribution in [-0.4, -0.2) is 44.9 Å². The van der Waals surface area contributed by atoms with Gasteiger partial charge < -0.3 is 19.5 Å². The zero-order valence-corrected chi connectivity index (χ0v) is 23.1. The van der Waals surface area contributed by atoms with Gasteiger partial charge in [0.15, 0.2) is 0 Å². The van der Waals surface area contributed by atoms with Crippen molar-refractivity contribution in [3.8, 4) is 11.5 Å². The molecule has 0 radical (unpaired) electrons. The summed E-state index contributed by atoms with van der Waals surface area (Å²) in [6, 6.07) is 14.4. The molecule has 0 saturated carbocycles. The van der Waals surface area contributed by atoms with Gasteiger partial charge in [0.1, 0.15) is 23.1 Å². The minimum Gasteiger partial charge on any atom is -0.457 e. The van der Waals surface area contributed by atoms with E-state index in [0.29, 0.717) is 35.2 Å². The van der Waals surface area contributed by atoms with Crippen molar-refractivity contribution in [3.05, 3.63) is 71.8 Å². The highest BCUT2D eigenvalue weighted by Crippen LogP contribution is 2.30. The van der Waals surface area contributed by atoms with Gasteiger partial charge in [-0.05, 0) is 74.3 Å². The Kier molecular flexibility index (Phi) is 7.93. The molecule has 204 valence electrons. The fraction of sp³-hybridized carbons (Fsp3) is 0.387. The lowest BCUT2D eigenvalue weighted by Gasteiger charge is -2.30. The van der Waals surface area contributed by atoms with Crippen LogP contribution in [-0.2, 0) is 18.3 Å². The zero-order valence-electron chi connectivity index (χ0n) is 23.1. The van der Waals surface area contributed by atoms with Crippen LogP contribution in [0.2, 0.25) is 0 Å². The van der Waals surface area contributed by atoms with Gasteiger partial charge in [-0.25, -0.2) is 9.37 Å². The molecule has 3 heterocycles. The number of hydrogen-bond acceptors (Lipinski definition) is 6. The molecule has 2 aromatic carbocycles. The summed E-state index contributed by atoms with van der Waals surface area (Å²) in [7, 11) is 1.89. The Morgan fingerprint density at radius 1 is 1.10 bits per heavy atom. The lowest BCUT2D eigenvalue weighted by atomic mass is 9.90. The van der Waals surface area contributed by atoms with E-state index in [4.69, 9.17) is 9.72 Å². The highest BCUT2D eigenvalue weighted by molar-refractivity contribution is 5.83. The average Bonchev–Trinajstić information content (AvgIpc) is 3.24. The summed E-state index contributed by atoms with van der Waals surface area (Å²) in [4.78, 5) is 24.4. The van der Waals surface area contributed by atoms with Gasteiger partial charge in [-0.3, -0.25) is 9.78 Å². The molecule has 1 aliphatic rings. The van der Waals surface area contributed by atoms with E-state index in [1.165, 1.54) is 6.07 Å². The monoisotopic (exact) mass is 529 g/mol. The first-order chi connectivity index (χ1) is 18.8. The highest BCUT2D eigenvalue weighted by Gasteiger charge is 2.24. The van der Waals surface area contributed by atoms with E-state index >= 15 is 0 Å². The van der Waals surface area contributed by atoms with Crippen LogP contribution >= 0.6 is 0 Å². The van der Waals surface area contributed by atoms with Gasteiger partial charge in [-0.15, -0.1) is 0 Å². The van der Waals surface area contributed by atoms with Gasteiger partial charge >= 0.3 is 0 Å². The molecule has 1 saturated heterocycles. The first-order valence-corrected chi connectivity index (χ1v) is 13.7. The number of nitrogens with zero attached hydrogens (tertiary/aromatic N) is 4. The summed E-state index contributed by atoms with van der Waals surface area (Å²) >= 11 is 0. The first kappa shape index (κ1) is 26.8. The SMILES string of the molecule is CCN1CCC(C(=O)Cc2cc(Oc3ccc4c(c3)nc(Nc3cc(C(C)C)ccc3F)n4C)ccn2)CC1. The topological polar surface area (TPSA) is 72.3 Å². The number of rotatable bonds is 9. The smallest absolute Gasteiger partial charge is 0.208 e. The Hall–Kier alpha value is -3.78. The number of imidazole rings is 1. The molecule has 4 aromatic rings. The fourth-order valence-corrected chi connectivity index (χ4v) is 5.12. The summed E-state index contributed by atoms with van der Waals surface area (Å²) in [5.74, 6) is 2.10. The molecule has 0 atom stereocenters. The predicted molar refractivity (Wildman–Crippen MR) is 152 cm³/mol. The molecule has 1 fully saturated rings. The summed E-state index contributed by atoms with van der Waals surface area (Å²) in [6.45, 7) is 9.31. The van der Waals surface area contributed by atoms with E-state index in [9.17, 15) is 9.18 Å². The first-order valence-electron chi connectivity index (χ1n) is 13.7. The number of Topliss-reactive ketones (excluding diaryl/α,β-unsaturated/α-hetero) is 1. The Morgan fingerprint density at radius 3 is 2.62 bits per heavy atom. The standard InChI is InChI=1S/C31H36FN5O2/c1-5-37-14-11-21(12-15-37)30(38)18-23-17-25(10-13-33-23)39-24-7-9-29-28(19-24)35-31(36(29)4)34-27-16-22(20(2)3)6-8-26(27)32/h6-10,13,16-17,19-21H,5,11-12,14-15,18H2,1-4H3,(H,34,35). The second-order valence-corrected chi connectivity index (χ2v) is 10.6. The Morgan fingerprint density at radius 2 is 1.87 bits per heavy atom. The van der Waals surface area contributed by atoms with Crippen LogP contribution < -0.4 is 10.1 Å². The number of piperidine rings is 1. The van der Waals surface area contributed by atoms with Crippen LogP contribution in [0.1, 0.15) is 50.8 Å². The van der Waals surface area contributed by atoms with E-state index in [2.05, 4.69) is 36.0 Å². The molecular formula is C31H36FN5O2. The quantitative estimate of drug-likeness (QED) is 0.263. The van der Waals surface area contributed by atoms with Gasteiger partial charge in [-0.1, -0.05) is 26.8 Å². The molecule has 2 aromatic heterocycles. The summed E-state index contributed by atoms with van der Waals surface area (Å²) in [6.07, 6.45) is 3.83. The molecule has 0 unspecified atom stereocenters. The number of carbonyl (C=O) groups excluding carboxylic acids is 1. The van der Waals surface area contributed by atoms with Gasteiger partial charge in [0.05, 0.1) is 22.4 Å². The summed E-state index contributed by atoms with van der Waals surface area (Å²) < 4.78 is 22.5. The number of pyridine rings is 1. The van der Waals surface area contributed by atoms with Gasteiger partial charge in [0.25, 0.3) is 0 Å². The number of hydrogen-bond donors (Lipinski definition) is 1. The third-order valence-electron chi connectivity index (χ3n) is 7.63. The van der Waals surface area contributed by atoms with Crippen molar-refractivity contribution in [1.29, 1.82) is 0 Å². The number of halogens is 1. The Labute approximate surface area is 229 Å². The third kappa shape index (κ3) is 6.11. The van der Waals surface area contributed by atoms with Crippen LogP contribution in [0.15, 0.2) is 54.7 Å². The van der Waals surface area contributed by atoms with Gasteiger partial charge in [-0.2, -0.15) is 0 Å². The lowest BCUT2D eigenvalue weighted by Crippen LogP contribution is -2.36. The van der Waals surface area contributed by atoms with Crippen LogP contribution in [0.25, 0.3) is 11.0 Å². The van der Waals surface area contributed by atoms with Crippen LogP contribution in [0.5, 0.6) is 11.5 Å². The van der Waals surface area contributed by atoms with Crippen molar-refractivity contribution in [2.24, 2.45) is 13.0 Å². The number of benzene rings is 2. The molecule has 5 rings (SSSR count). The van der Waals surface area contributed by atoms with E-state index in [1.807, 2.05) is 41.9 Å². The molecule has 0 spiro atoms. The van der Waals surface area contributed by atoms with Crippen molar-refractivity contribution in [1.82, 2.24) is 19.4 Å². The molecule has 1 N–H and O–H groups in total. The van der Waals surface area contributed by atoms with E-state index in [1.54, 1.807) is 18.3 Å². The fourth-order valence-electron chi connectivity index (χ4n) is 5.12. The molecule has 7 nitrogen and oxygen atoms in total. The van der Waals surface area contributed by atoms with Crippen LogP contribution in [0, 0.1) is 11.7 Å². The summed E-state index contributed by atoms with van der Waals surface area (Å²) in [5, 5.41) is 3.15. The third-order valence-corrected chi connectivity index (χ3v) is 7.63. The number of nitrogens with one attached hydrogen (secondary N) is 1. The van der Waals surface area contributed by atoms with Crippen molar-refractivity contribution >= 4 is 28.5 Å². The molecule has 0 amide bonds. The lowest BCUT2D eigenvalue weighted by molar-refractivity contribution is -0.123. The van der Waals surface area contributed by atoms with E-state index in [-0.39, 0.29) is 23.4 Å². The Bertz CT molecular complexity index is 1470. The van der Waals surface area contributed by atoms with Crippen LogP contribution in [0.3, 0.4) is 0 Å². The molecule has 0 aliphatic carbocycles. The number of carbonyl (C=O) groups is 1. The molecule has 0 bridgehead atoms. The van der Waals surface area contributed by atoms with Gasteiger partial charge in [0.2, 0.25) is 5.95 Å². The molecule has 8 heteroatoms. The second kappa shape index (κ2) is 11.5. The predicted octanol–water partition coefficient (Wildman–Crippen LogP) is 6.61. The maximum atomic E-state index is 14.5. The molecule has 39 heavy (non-hydrogen) atoms. The number of ether oxygens (including phenoxy) is 1. The van der Waals surface area contributed by atoms with E-state index < -0.39 is 0 Å². The number of fused-ring (bicyclic) bond motifs is 1. The average molecular weight is 530 g/mol. The highest BCUT2D eigenvalue weighted by atomic mass is 19.1. The Balaban J connectivity index is 1.29. The molecule has 1 aliphatic heterocycles. The maximum absolute atomic E-state index is 14.5. The minimum absolute atomic E-state index is 0.106. The van der Waals surface area contributed by atoms with Crippen LogP contribution in [0.4, 0.5) is 16.0 Å². The number of aryl methyl sites for hydroxylation is 1.